The van der Waals surface area contributed by atoms with Crippen LogP contribution < -0.4 is 15.5 Å². The molecule has 0 aliphatic carbocycles. The molecule has 3 rings (SSSR count). The van der Waals surface area contributed by atoms with Gasteiger partial charge in [-0.05, 0) is 47.4 Å². The maximum Gasteiger partial charge on any atom is 0.259 e. The van der Waals surface area contributed by atoms with Crippen molar-refractivity contribution in [3.63, 3.8) is 0 Å². The Labute approximate surface area is 200 Å². The molecule has 9 heteroatoms. The van der Waals surface area contributed by atoms with Gasteiger partial charge in [-0.25, -0.2) is 0 Å². The highest BCUT2D eigenvalue weighted by Gasteiger charge is 2.39. The summed E-state index contributed by atoms with van der Waals surface area (Å²) in [5, 5.41) is 23.6. The van der Waals surface area contributed by atoms with Crippen molar-refractivity contribution >= 4 is 41.4 Å². The van der Waals surface area contributed by atoms with Gasteiger partial charge in [0.1, 0.15) is 5.84 Å². The van der Waals surface area contributed by atoms with Crippen LogP contribution in [0.25, 0.3) is 0 Å². The third-order valence-corrected chi connectivity index (χ3v) is 5.41. The molecule has 33 heavy (non-hydrogen) atoms. The predicted octanol–water partition coefficient (Wildman–Crippen LogP) is 2.68. The molecule has 2 aromatic rings. The smallest absolute Gasteiger partial charge is 0.259 e. The fourth-order valence-electron chi connectivity index (χ4n) is 3.45. The molecule has 0 spiro atoms. The topological polar surface area (TPSA) is 115 Å². The highest BCUT2D eigenvalue weighted by Crippen LogP contribution is 2.26. The van der Waals surface area contributed by atoms with Gasteiger partial charge in [-0.15, -0.1) is 12.4 Å². The lowest BCUT2D eigenvalue weighted by Gasteiger charge is -2.34. The summed E-state index contributed by atoms with van der Waals surface area (Å²) >= 11 is 0. The van der Waals surface area contributed by atoms with Crippen molar-refractivity contribution in [1.82, 2.24) is 5.32 Å². The Morgan fingerprint density at radius 3 is 2.30 bits per heavy atom. The Bertz CT molecular complexity index is 987. The molecular formula is C24H31ClN4O4. The number of hydrogen-bond acceptors (Lipinski definition) is 5. The molecule has 1 saturated heterocycles. The van der Waals surface area contributed by atoms with Gasteiger partial charge >= 0.3 is 0 Å². The summed E-state index contributed by atoms with van der Waals surface area (Å²) < 4.78 is 5.47. The number of carbonyl (C=O) groups excluding carboxylic acids is 2. The average molecular weight is 475 g/mol. The first kappa shape index (κ1) is 26.3. The number of nitrogens with one attached hydrogen (secondary N) is 3. The zero-order valence-electron chi connectivity index (χ0n) is 19.2. The molecule has 1 unspecified atom stereocenters. The molecular weight excluding hydrogens is 444 g/mol. The monoisotopic (exact) mass is 474 g/mol. The van der Waals surface area contributed by atoms with E-state index >= 15 is 0 Å². The van der Waals surface area contributed by atoms with Gasteiger partial charge in [0.15, 0.2) is 12.2 Å². The number of benzene rings is 2. The molecule has 2 atom stereocenters. The number of anilines is 2. The Morgan fingerprint density at radius 1 is 1.15 bits per heavy atom. The molecule has 178 valence electrons. The maximum atomic E-state index is 13.0. The third kappa shape index (κ3) is 6.10. The number of nitrogens with zero attached hydrogens (tertiary/aromatic N) is 1. The van der Waals surface area contributed by atoms with Crippen molar-refractivity contribution in [2.75, 3.05) is 30.4 Å². The molecule has 2 amide bonds. The summed E-state index contributed by atoms with van der Waals surface area (Å²) in [5.41, 5.74) is 2.94. The van der Waals surface area contributed by atoms with E-state index in [1.807, 2.05) is 24.3 Å². The van der Waals surface area contributed by atoms with Crippen molar-refractivity contribution in [2.45, 2.75) is 38.4 Å². The molecule has 8 nitrogen and oxygen atoms in total. The number of carbonyl (C=O) groups is 2. The van der Waals surface area contributed by atoms with E-state index in [1.165, 1.54) is 4.90 Å². The number of rotatable bonds is 5. The Hall–Kier alpha value is -2.94. The molecule has 0 saturated carbocycles. The van der Waals surface area contributed by atoms with E-state index in [-0.39, 0.29) is 30.3 Å². The third-order valence-electron chi connectivity index (χ3n) is 5.41. The Morgan fingerprint density at radius 2 is 1.76 bits per heavy atom. The van der Waals surface area contributed by atoms with Gasteiger partial charge in [-0.3, -0.25) is 15.0 Å². The summed E-state index contributed by atoms with van der Waals surface area (Å²) in [7, 11) is 1.65. The van der Waals surface area contributed by atoms with Crippen LogP contribution in [0.1, 0.15) is 31.9 Å². The Balaban J connectivity index is 0.00000385. The average Bonchev–Trinajstić information content (AvgIpc) is 2.78. The number of morpholine rings is 1. The van der Waals surface area contributed by atoms with Crippen LogP contribution in [-0.4, -0.2) is 55.2 Å². The molecule has 1 aliphatic heterocycles. The normalized spacial score (nSPS) is 17.1. The highest BCUT2D eigenvalue weighted by atomic mass is 35.5. The lowest BCUT2D eigenvalue weighted by molar-refractivity contribution is -0.150. The fourth-order valence-corrected chi connectivity index (χ4v) is 3.45. The molecule has 1 heterocycles. The first-order chi connectivity index (χ1) is 15.1. The standard InChI is InChI=1S/C24H30N4O4.ClH/c1-24(2,3)16-7-11-18(12-8-16)28-13-14-32-20(23(28)31)19(29)22(30)27-17-9-5-15(6-10-17)21(25)26-4;/h5-12,19-20,29H,13-14H2,1-4H3,(H2,25,26)(H,27,30);1H/t19-,20?;/m1./s1. The van der Waals surface area contributed by atoms with Crippen molar-refractivity contribution < 1.29 is 19.4 Å². The van der Waals surface area contributed by atoms with Gasteiger partial charge in [0.05, 0.1) is 6.61 Å². The number of aliphatic hydroxyl groups is 1. The molecule has 1 aliphatic rings. The predicted molar refractivity (Wildman–Crippen MR) is 131 cm³/mol. The number of amidine groups is 1. The van der Waals surface area contributed by atoms with E-state index in [0.29, 0.717) is 23.5 Å². The van der Waals surface area contributed by atoms with Crippen LogP contribution in [0, 0.1) is 5.41 Å². The lowest BCUT2D eigenvalue weighted by Crippen LogP contribution is -2.55. The summed E-state index contributed by atoms with van der Waals surface area (Å²) in [5.74, 6) is -0.940. The van der Waals surface area contributed by atoms with E-state index in [9.17, 15) is 14.7 Å². The van der Waals surface area contributed by atoms with E-state index in [2.05, 4.69) is 31.4 Å². The van der Waals surface area contributed by atoms with Crippen molar-refractivity contribution in [3.8, 4) is 0 Å². The van der Waals surface area contributed by atoms with Gasteiger partial charge in [0.2, 0.25) is 0 Å². The molecule has 2 aromatic carbocycles. The van der Waals surface area contributed by atoms with Gasteiger partial charge in [0, 0.05) is 30.5 Å². The molecule has 0 bridgehead atoms. The van der Waals surface area contributed by atoms with Crippen LogP contribution in [0.2, 0.25) is 0 Å². The first-order valence-electron chi connectivity index (χ1n) is 10.5. The van der Waals surface area contributed by atoms with Crippen LogP contribution in [0.4, 0.5) is 11.4 Å². The largest absolute Gasteiger partial charge is 0.380 e. The van der Waals surface area contributed by atoms with Gasteiger partial charge in [-0.1, -0.05) is 32.9 Å². The fraction of sp³-hybridized carbons (Fsp3) is 0.375. The summed E-state index contributed by atoms with van der Waals surface area (Å²) in [6, 6.07) is 14.3. The van der Waals surface area contributed by atoms with Crippen LogP contribution in [0.15, 0.2) is 48.5 Å². The van der Waals surface area contributed by atoms with Crippen LogP contribution in [0.5, 0.6) is 0 Å². The number of hydrogen-bond donors (Lipinski definition) is 4. The van der Waals surface area contributed by atoms with Gasteiger partial charge in [0.25, 0.3) is 11.8 Å². The number of ether oxygens (including phenoxy) is 1. The first-order valence-corrected chi connectivity index (χ1v) is 10.5. The van der Waals surface area contributed by atoms with Crippen LogP contribution >= 0.6 is 12.4 Å². The summed E-state index contributed by atoms with van der Waals surface area (Å²) in [6.45, 7) is 6.90. The van der Waals surface area contributed by atoms with E-state index in [1.54, 1.807) is 31.3 Å². The van der Waals surface area contributed by atoms with E-state index in [4.69, 9.17) is 10.1 Å². The second kappa shape index (κ2) is 10.8. The van der Waals surface area contributed by atoms with Crippen molar-refractivity contribution in [2.24, 2.45) is 0 Å². The highest BCUT2D eigenvalue weighted by molar-refractivity contribution is 6.04. The van der Waals surface area contributed by atoms with Crippen LogP contribution in [-0.2, 0) is 19.7 Å². The molecule has 0 aromatic heterocycles. The van der Waals surface area contributed by atoms with Crippen LogP contribution in [0.3, 0.4) is 0 Å². The minimum Gasteiger partial charge on any atom is -0.380 e. The maximum absolute atomic E-state index is 13.0. The molecule has 0 radical (unpaired) electrons. The second-order valence-corrected chi connectivity index (χ2v) is 8.71. The molecule has 4 N–H and O–H groups in total. The SMILES string of the molecule is CNC(=N)c1ccc(NC(=O)[C@H](O)C2OCCN(c3ccc(C(C)(C)C)cc3)C2=O)cc1.Cl. The van der Waals surface area contributed by atoms with E-state index in [0.717, 1.165) is 5.56 Å². The summed E-state index contributed by atoms with van der Waals surface area (Å²) in [4.78, 5) is 27.1. The van der Waals surface area contributed by atoms with Crippen molar-refractivity contribution in [3.05, 3.63) is 59.7 Å². The summed E-state index contributed by atoms with van der Waals surface area (Å²) in [6.07, 6.45) is -2.95. The Kier molecular flexibility index (Phi) is 8.60. The zero-order valence-corrected chi connectivity index (χ0v) is 20.0. The molecule has 1 fully saturated rings. The quantitative estimate of drug-likeness (QED) is 0.393. The number of halogens is 1. The minimum atomic E-state index is -1.66. The number of amides is 2. The second-order valence-electron chi connectivity index (χ2n) is 8.71. The van der Waals surface area contributed by atoms with Crippen molar-refractivity contribution in [1.29, 1.82) is 5.41 Å². The van der Waals surface area contributed by atoms with Gasteiger partial charge < -0.3 is 25.4 Å². The zero-order chi connectivity index (χ0) is 23.5. The number of aliphatic hydroxyl groups excluding tert-OH is 1. The lowest BCUT2D eigenvalue weighted by atomic mass is 9.87. The minimum absolute atomic E-state index is 0. The van der Waals surface area contributed by atoms with Gasteiger partial charge in [-0.2, -0.15) is 0 Å². The van der Waals surface area contributed by atoms with E-state index < -0.39 is 24.0 Å².